The van der Waals surface area contributed by atoms with E-state index in [0.717, 1.165) is 25.7 Å². The molecule has 1 rings (SSSR count). The largest absolute Gasteiger partial charge is 0.244 e. The maximum Gasteiger partial charge on any atom is 0.244 e. The molecule has 1 aromatic carbocycles. The van der Waals surface area contributed by atoms with Crippen LogP contribution in [0, 0.1) is 11.3 Å². The molecule has 0 heterocycles. The van der Waals surface area contributed by atoms with Crippen molar-refractivity contribution in [2.45, 2.75) is 109 Å². The Morgan fingerprint density at radius 1 is 0.733 bits per heavy atom. The minimum atomic E-state index is -3.64. The fourth-order valence-electron chi connectivity index (χ4n) is 3.77. The van der Waals surface area contributed by atoms with Gasteiger partial charge in [0.15, 0.2) is 0 Å². The molecule has 0 spiro atoms. The third kappa shape index (κ3) is 10.1. The molecule has 0 radical (unpaired) electrons. The molecular weight excluding hydrogens is 392 g/mol. The minimum absolute atomic E-state index is 0.151. The highest BCUT2D eigenvalue weighted by Crippen LogP contribution is 2.21. The van der Waals surface area contributed by atoms with Crippen LogP contribution in [0.5, 0.6) is 0 Å². The molecule has 30 heavy (non-hydrogen) atoms. The highest BCUT2D eigenvalue weighted by molar-refractivity contribution is 7.89. The van der Waals surface area contributed by atoms with E-state index in [9.17, 15) is 13.7 Å². The lowest BCUT2D eigenvalue weighted by molar-refractivity contribution is 0.383. The van der Waals surface area contributed by atoms with Crippen molar-refractivity contribution in [1.29, 1.82) is 5.26 Å². The summed E-state index contributed by atoms with van der Waals surface area (Å²) in [5.74, 6) is 0. The summed E-state index contributed by atoms with van der Waals surface area (Å²) in [6, 6.07) is 8.62. The van der Waals surface area contributed by atoms with E-state index in [4.69, 9.17) is 0 Å². The number of hydrogen-bond donors (Lipinski definition) is 0. The number of nitriles is 1. The summed E-state index contributed by atoms with van der Waals surface area (Å²) in [5.41, 5.74) is 0.238. The molecule has 0 saturated heterocycles. The summed E-state index contributed by atoms with van der Waals surface area (Å²) < 4.78 is 28.2. The Labute approximate surface area is 185 Å². The number of unbranched alkanes of at least 4 members (excludes halogenated alkanes) is 12. The lowest BCUT2D eigenvalue weighted by Crippen LogP contribution is -2.33. The van der Waals surface area contributed by atoms with Crippen LogP contribution < -0.4 is 0 Å². The van der Waals surface area contributed by atoms with Gasteiger partial charge < -0.3 is 0 Å². The zero-order chi connectivity index (χ0) is 22.1. The number of hydrogen-bond acceptors (Lipinski definition) is 3. The maximum absolute atomic E-state index is 13.3. The fraction of sp³-hybridized carbons (Fsp3) is 0.720. The van der Waals surface area contributed by atoms with E-state index in [-0.39, 0.29) is 10.5 Å². The monoisotopic (exact) mass is 434 g/mol. The minimum Gasteiger partial charge on any atom is -0.207 e. The molecule has 0 N–H and O–H groups in total. The summed E-state index contributed by atoms with van der Waals surface area (Å²) in [4.78, 5) is 0.151. The van der Waals surface area contributed by atoms with Crippen molar-refractivity contribution in [3.63, 3.8) is 0 Å². The van der Waals surface area contributed by atoms with E-state index in [2.05, 4.69) is 13.8 Å². The van der Waals surface area contributed by atoms with Crippen LogP contribution in [0.15, 0.2) is 29.2 Å². The van der Waals surface area contributed by atoms with Gasteiger partial charge in [0.05, 0.1) is 10.5 Å². The van der Waals surface area contributed by atoms with Crippen LogP contribution in [-0.4, -0.2) is 25.8 Å². The quantitative estimate of drug-likeness (QED) is 0.233. The van der Waals surface area contributed by atoms with Crippen molar-refractivity contribution >= 4 is 10.0 Å². The Hall–Kier alpha value is -1.38. The summed E-state index contributed by atoms with van der Waals surface area (Å²) >= 11 is 0. The van der Waals surface area contributed by atoms with Gasteiger partial charge in [-0.15, -0.1) is 0 Å². The van der Waals surface area contributed by atoms with Gasteiger partial charge in [0.2, 0.25) is 10.0 Å². The van der Waals surface area contributed by atoms with Crippen molar-refractivity contribution in [1.82, 2.24) is 4.31 Å². The van der Waals surface area contributed by atoms with Gasteiger partial charge in [0, 0.05) is 13.1 Å². The first kappa shape index (κ1) is 26.7. The number of sulfonamides is 1. The Bertz CT molecular complexity index is 692. The molecule has 4 nitrogen and oxygen atoms in total. The summed E-state index contributed by atoms with van der Waals surface area (Å²) in [7, 11) is -3.64. The first-order chi connectivity index (χ1) is 14.6. The molecule has 0 fully saturated rings. The number of benzene rings is 1. The zero-order valence-corrected chi connectivity index (χ0v) is 20.1. The Kier molecular flexibility index (Phi) is 14.5. The van der Waals surface area contributed by atoms with Crippen LogP contribution in [0.2, 0.25) is 0 Å². The SMILES string of the molecule is CCCCCCCCCN(CCCCCCCCC)S(=O)(=O)c1ccccc1C#N. The van der Waals surface area contributed by atoms with Gasteiger partial charge in [0.25, 0.3) is 0 Å². The van der Waals surface area contributed by atoms with Crippen LogP contribution in [0.3, 0.4) is 0 Å². The van der Waals surface area contributed by atoms with Gasteiger partial charge in [-0.1, -0.05) is 103 Å². The van der Waals surface area contributed by atoms with Crippen molar-refractivity contribution in [2.75, 3.05) is 13.1 Å². The smallest absolute Gasteiger partial charge is 0.207 e. The average Bonchev–Trinajstić information content (AvgIpc) is 2.76. The van der Waals surface area contributed by atoms with Crippen LogP contribution >= 0.6 is 0 Å². The van der Waals surface area contributed by atoms with Crippen LogP contribution in [-0.2, 0) is 10.0 Å². The van der Waals surface area contributed by atoms with Crippen molar-refractivity contribution < 1.29 is 8.42 Å². The third-order valence-corrected chi connectivity index (χ3v) is 7.60. The Morgan fingerprint density at radius 2 is 1.17 bits per heavy atom. The fourth-order valence-corrected chi connectivity index (χ4v) is 5.42. The summed E-state index contributed by atoms with van der Waals surface area (Å²) in [5, 5.41) is 9.36. The second kappa shape index (κ2) is 16.3. The molecule has 5 heteroatoms. The molecule has 0 aliphatic rings. The van der Waals surface area contributed by atoms with E-state index in [1.807, 2.05) is 6.07 Å². The van der Waals surface area contributed by atoms with Gasteiger partial charge in [-0.25, -0.2) is 8.42 Å². The highest BCUT2D eigenvalue weighted by Gasteiger charge is 2.26. The van der Waals surface area contributed by atoms with Gasteiger partial charge in [0.1, 0.15) is 6.07 Å². The molecule has 0 aliphatic carbocycles. The molecule has 0 amide bonds. The second-order valence-electron chi connectivity index (χ2n) is 8.25. The third-order valence-electron chi connectivity index (χ3n) is 5.65. The van der Waals surface area contributed by atoms with E-state index in [1.54, 1.807) is 28.6 Å². The van der Waals surface area contributed by atoms with Gasteiger partial charge in [-0.05, 0) is 25.0 Å². The Morgan fingerprint density at radius 3 is 1.63 bits per heavy atom. The number of rotatable bonds is 18. The van der Waals surface area contributed by atoms with Crippen molar-refractivity contribution in [3.05, 3.63) is 29.8 Å². The Balaban J connectivity index is 2.66. The van der Waals surface area contributed by atoms with E-state index in [0.29, 0.717) is 13.1 Å². The van der Waals surface area contributed by atoms with Crippen LogP contribution in [0.1, 0.15) is 109 Å². The molecule has 0 unspecified atom stereocenters. The molecular formula is C25H42N2O2S. The molecule has 0 aromatic heterocycles. The first-order valence-electron chi connectivity index (χ1n) is 12.1. The second-order valence-corrected chi connectivity index (χ2v) is 10.2. The topological polar surface area (TPSA) is 61.2 Å². The van der Waals surface area contributed by atoms with E-state index in [1.165, 1.54) is 64.2 Å². The van der Waals surface area contributed by atoms with E-state index < -0.39 is 10.0 Å². The molecule has 0 saturated carbocycles. The van der Waals surface area contributed by atoms with Gasteiger partial charge >= 0.3 is 0 Å². The normalized spacial score (nSPS) is 11.7. The highest BCUT2D eigenvalue weighted by atomic mass is 32.2. The molecule has 1 aromatic rings. The first-order valence-corrected chi connectivity index (χ1v) is 13.5. The molecule has 0 aliphatic heterocycles. The maximum atomic E-state index is 13.3. The number of nitrogens with zero attached hydrogens (tertiary/aromatic N) is 2. The summed E-state index contributed by atoms with van der Waals surface area (Å²) in [6.07, 6.45) is 16.3. The van der Waals surface area contributed by atoms with E-state index >= 15 is 0 Å². The lowest BCUT2D eigenvalue weighted by Gasteiger charge is -2.23. The van der Waals surface area contributed by atoms with Crippen LogP contribution in [0.4, 0.5) is 0 Å². The lowest BCUT2D eigenvalue weighted by atomic mass is 10.1. The van der Waals surface area contributed by atoms with Gasteiger partial charge in [-0.3, -0.25) is 0 Å². The molecule has 0 bridgehead atoms. The predicted molar refractivity (Wildman–Crippen MR) is 126 cm³/mol. The molecule has 170 valence electrons. The summed E-state index contributed by atoms with van der Waals surface area (Å²) in [6.45, 7) is 5.52. The van der Waals surface area contributed by atoms with Crippen LogP contribution in [0.25, 0.3) is 0 Å². The van der Waals surface area contributed by atoms with Gasteiger partial charge in [-0.2, -0.15) is 9.57 Å². The predicted octanol–water partition coefficient (Wildman–Crippen LogP) is 7.05. The molecule has 0 atom stereocenters. The van der Waals surface area contributed by atoms with Crippen molar-refractivity contribution in [2.24, 2.45) is 0 Å². The van der Waals surface area contributed by atoms with Crippen molar-refractivity contribution in [3.8, 4) is 6.07 Å². The standard InChI is InChI=1S/C25H42N2O2S/c1-3-5-7-9-11-13-17-21-27(22-18-14-12-10-8-6-4-2)30(28,29)25-20-16-15-19-24(25)23-26/h15-16,19-20H,3-14,17-18,21-22H2,1-2H3. The average molecular weight is 435 g/mol. The zero-order valence-electron chi connectivity index (χ0n) is 19.2.